The highest BCUT2D eigenvalue weighted by Crippen LogP contribution is 2.45. The predicted molar refractivity (Wildman–Crippen MR) is 129 cm³/mol. The summed E-state index contributed by atoms with van der Waals surface area (Å²) in [5.41, 5.74) is 2.70. The monoisotopic (exact) mass is 455 g/mol. The molecule has 1 aromatic heterocycles. The van der Waals surface area contributed by atoms with Crippen LogP contribution >= 0.6 is 0 Å². The number of rotatable bonds is 7. The van der Waals surface area contributed by atoms with E-state index in [0.29, 0.717) is 17.0 Å². The molecule has 1 heterocycles. The summed E-state index contributed by atoms with van der Waals surface area (Å²) in [5.74, 6) is -0.109. The van der Waals surface area contributed by atoms with E-state index in [1.165, 1.54) is 0 Å². The lowest BCUT2D eigenvalue weighted by Gasteiger charge is -2.43. The summed E-state index contributed by atoms with van der Waals surface area (Å²) in [5, 5.41) is 10.8. The molecule has 1 aliphatic rings. The number of ether oxygens (including phenoxy) is 2. The van der Waals surface area contributed by atoms with Crippen molar-refractivity contribution >= 4 is 22.7 Å². The van der Waals surface area contributed by atoms with E-state index in [4.69, 9.17) is 9.47 Å². The van der Waals surface area contributed by atoms with Gasteiger partial charge in [-0.15, -0.1) is 0 Å². The molecule has 1 aliphatic carbocycles. The zero-order chi connectivity index (χ0) is 23.7. The van der Waals surface area contributed by atoms with Gasteiger partial charge in [0.05, 0.1) is 29.9 Å². The number of Topliss-reactive ketones (excluding diaryl/α,β-unsaturated/α-hetero) is 1. The second kappa shape index (κ2) is 8.80. The van der Waals surface area contributed by atoms with Crippen LogP contribution in [0.15, 0.2) is 78.9 Å². The smallest absolute Gasteiger partial charge is 0.317 e. The van der Waals surface area contributed by atoms with E-state index in [2.05, 4.69) is 4.98 Å². The minimum atomic E-state index is -0.964. The van der Waals surface area contributed by atoms with Crippen molar-refractivity contribution in [1.82, 2.24) is 4.98 Å². The van der Waals surface area contributed by atoms with Gasteiger partial charge in [0, 0.05) is 10.9 Å². The van der Waals surface area contributed by atoms with Crippen LogP contribution in [0, 0.1) is 0 Å². The number of carbonyl (C=O) groups is 2. The van der Waals surface area contributed by atoms with Crippen LogP contribution in [0.5, 0.6) is 5.75 Å². The number of ketones is 1. The zero-order valence-corrected chi connectivity index (χ0v) is 18.8. The number of benzene rings is 3. The Kier molecular flexibility index (Phi) is 5.67. The van der Waals surface area contributed by atoms with Crippen LogP contribution in [-0.4, -0.2) is 41.7 Å². The number of esters is 1. The average Bonchev–Trinajstić information content (AvgIpc) is 3.25. The molecule has 6 heteroatoms. The molecule has 1 saturated carbocycles. The average molecular weight is 456 g/mol. The van der Waals surface area contributed by atoms with Crippen LogP contribution in [0.1, 0.15) is 28.8 Å². The van der Waals surface area contributed by atoms with Crippen molar-refractivity contribution in [3.05, 3.63) is 90.0 Å². The Labute approximate surface area is 197 Å². The van der Waals surface area contributed by atoms with Gasteiger partial charge in [0.1, 0.15) is 5.75 Å². The van der Waals surface area contributed by atoms with Gasteiger partial charge in [-0.2, -0.15) is 0 Å². The molecule has 0 unspecified atom stereocenters. The van der Waals surface area contributed by atoms with Gasteiger partial charge in [0.2, 0.25) is 5.78 Å². The van der Waals surface area contributed by atoms with Crippen molar-refractivity contribution in [1.29, 1.82) is 0 Å². The maximum atomic E-state index is 13.4. The first-order chi connectivity index (χ1) is 16.5. The van der Waals surface area contributed by atoms with Crippen LogP contribution in [0.3, 0.4) is 0 Å². The SMILES string of the molecule is COc1ccc(C2(C(=O)OCC(=O)c3c(-c4ccccc4)[nH]c4ccccc34)CC(O)C2)cc1. The maximum Gasteiger partial charge on any atom is 0.317 e. The number of hydrogen-bond donors (Lipinski definition) is 2. The van der Waals surface area contributed by atoms with Gasteiger partial charge in [0.15, 0.2) is 6.61 Å². The molecule has 0 radical (unpaired) electrons. The topological polar surface area (TPSA) is 88.6 Å². The Balaban J connectivity index is 1.41. The number of aliphatic hydroxyl groups excluding tert-OH is 1. The fraction of sp³-hybridized carbons (Fsp3) is 0.214. The third kappa shape index (κ3) is 3.76. The van der Waals surface area contributed by atoms with E-state index in [9.17, 15) is 14.7 Å². The third-order valence-corrected chi connectivity index (χ3v) is 6.58. The minimum absolute atomic E-state index is 0.259. The lowest BCUT2D eigenvalue weighted by atomic mass is 9.62. The van der Waals surface area contributed by atoms with E-state index in [1.54, 1.807) is 31.4 Å². The molecule has 0 saturated heterocycles. The zero-order valence-electron chi connectivity index (χ0n) is 18.8. The molecule has 0 amide bonds. The third-order valence-electron chi connectivity index (χ3n) is 6.58. The largest absolute Gasteiger partial charge is 0.497 e. The van der Waals surface area contributed by atoms with E-state index in [-0.39, 0.29) is 25.2 Å². The van der Waals surface area contributed by atoms with Gasteiger partial charge >= 0.3 is 5.97 Å². The van der Waals surface area contributed by atoms with E-state index >= 15 is 0 Å². The van der Waals surface area contributed by atoms with Crippen molar-refractivity contribution in [3.8, 4) is 17.0 Å². The number of aromatic amines is 1. The van der Waals surface area contributed by atoms with Crippen LogP contribution in [-0.2, 0) is 14.9 Å². The van der Waals surface area contributed by atoms with Crippen LogP contribution in [0.4, 0.5) is 0 Å². The van der Waals surface area contributed by atoms with E-state index in [0.717, 1.165) is 22.0 Å². The molecular formula is C28H25NO5. The standard InChI is InChI=1S/C28H25NO5/c1-33-21-13-11-19(12-14-21)28(15-20(30)16-28)27(32)34-17-24(31)25-22-9-5-6-10-23(22)29-26(25)18-7-3-2-4-8-18/h2-14,20,29-30H,15-17H2,1H3. The van der Waals surface area contributed by atoms with Crippen LogP contribution in [0.25, 0.3) is 22.2 Å². The van der Waals surface area contributed by atoms with Crippen molar-refractivity contribution < 1.29 is 24.2 Å². The number of aromatic nitrogens is 1. The lowest BCUT2D eigenvalue weighted by Crippen LogP contribution is -2.51. The lowest BCUT2D eigenvalue weighted by molar-refractivity contribution is -0.158. The number of hydrogen-bond acceptors (Lipinski definition) is 5. The summed E-state index contributed by atoms with van der Waals surface area (Å²) >= 11 is 0. The summed E-state index contributed by atoms with van der Waals surface area (Å²) < 4.78 is 10.8. The second-order valence-electron chi connectivity index (χ2n) is 8.66. The van der Waals surface area contributed by atoms with Gasteiger partial charge in [-0.1, -0.05) is 60.7 Å². The summed E-state index contributed by atoms with van der Waals surface area (Å²) in [6.45, 7) is -0.380. The fourth-order valence-corrected chi connectivity index (χ4v) is 4.77. The molecule has 5 rings (SSSR count). The fourth-order valence-electron chi connectivity index (χ4n) is 4.77. The molecule has 172 valence electrons. The van der Waals surface area contributed by atoms with Crippen molar-refractivity contribution in [2.24, 2.45) is 0 Å². The molecule has 0 bridgehead atoms. The molecule has 34 heavy (non-hydrogen) atoms. The summed E-state index contributed by atoms with van der Waals surface area (Å²) in [4.78, 5) is 29.9. The van der Waals surface area contributed by atoms with Gasteiger partial charge in [-0.3, -0.25) is 9.59 Å². The van der Waals surface area contributed by atoms with Gasteiger partial charge in [-0.25, -0.2) is 0 Å². The Hall–Kier alpha value is -3.90. The van der Waals surface area contributed by atoms with E-state index in [1.807, 2.05) is 54.6 Å². The number of fused-ring (bicyclic) bond motifs is 1. The number of H-pyrrole nitrogens is 1. The van der Waals surface area contributed by atoms with Gasteiger partial charge in [-0.05, 0) is 42.2 Å². The quantitative estimate of drug-likeness (QED) is 0.313. The second-order valence-corrected chi connectivity index (χ2v) is 8.66. The van der Waals surface area contributed by atoms with Crippen LogP contribution in [0.2, 0.25) is 0 Å². The Bertz CT molecular complexity index is 1330. The van der Waals surface area contributed by atoms with Crippen molar-refractivity contribution in [3.63, 3.8) is 0 Å². The summed E-state index contributed by atoms with van der Waals surface area (Å²) in [6, 6.07) is 24.4. The molecule has 0 spiro atoms. The van der Waals surface area contributed by atoms with Crippen molar-refractivity contribution in [2.75, 3.05) is 13.7 Å². The number of nitrogens with one attached hydrogen (secondary N) is 1. The Morgan fingerprint density at radius 3 is 2.32 bits per heavy atom. The normalized spacial score (nSPS) is 19.4. The molecule has 1 fully saturated rings. The highest BCUT2D eigenvalue weighted by Gasteiger charge is 2.52. The number of carbonyl (C=O) groups excluding carboxylic acids is 2. The summed E-state index contributed by atoms with van der Waals surface area (Å²) in [7, 11) is 1.58. The minimum Gasteiger partial charge on any atom is -0.497 e. The van der Waals surface area contributed by atoms with Crippen LogP contribution < -0.4 is 4.74 Å². The molecule has 6 nitrogen and oxygen atoms in total. The maximum absolute atomic E-state index is 13.4. The first kappa shape index (κ1) is 21.9. The Morgan fingerprint density at radius 2 is 1.65 bits per heavy atom. The highest BCUT2D eigenvalue weighted by molar-refractivity contribution is 6.14. The highest BCUT2D eigenvalue weighted by atomic mass is 16.5. The molecule has 0 aliphatic heterocycles. The first-order valence-electron chi connectivity index (χ1n) is 11.2. The predicted octanol–water partition coefficient (Wildman–Crippen LogP) is 4.66. The summed E-state index contributed by atoms with van der Waals surface area (Å²) in [6.07, 6.45) is -0.0627. The van der Waals surface area contributed by atoms with E-state index < -0.39 is 17.5 Å². The molecule has 0 atom stereocenters. The molecule has 3 aromatic carbocycles. The molecular weight excluding hydrogens is 430 g/mol. The van der Waals surface area contributed by atoms with Crippen molar-refractivity contribution in [2.45, 2.75) is 24.4 Å². The molecule has 4 aromatic rings. The Morgan fingerprint density at radius 1 is 0.971 bits per heavy atom. The van der Waals surface area contributed by atoms with Gasteiger partial charge < -0.3 is 19.6 Å². The van der Waals surface area contributed by atoms with Gasteiger partial charge in [0.25, 0.3) is 0 Å². The number of para-hydroxylation sites is 1. The first-order valence-corrected chi connectivity index (χ1v) is 11.2. The number of methoxy groups -OCH3 is 1. The number of aliphatic hydroxyl groups is 1. The molecule has 2 N–H and O–H groups in total.